The van der Waals surface area contributed by atoms with E-state index >= 15 is 0 Å². The molecule has 1 saturated heterocycles. The second-order valence-electron chi connectivity index (χ2n) is 6.25. The predicted molar refractivity (Wildman–Crippen MR) is 95.3 cm³/mol. The van der Waals surface area contributed by atoms with Gasteiger partial charge in [-0.15, -0.1) is 0 Å². The number of hydrogen-bond donors (Lipinski definition) is 5. The van der Waals surface area contributed by atoms with Gasteiger partial charge < -0.3 is 5.32 Å². The Morgan fingerprint density at radius 1 is 1.27 bits per heavy atom. The third-order valence-corrected chi connectivity index (χ3v) is 4.27. The minimum absolute atomic E-state index is 0.115. The molecule has 1 aromatic heterocycles. The van der Waals surface area contributed by atoms with E-state index in [4.69, 9.17) is 0 Å². The number of aromatic nitrogens is 3. The Hall–Kier alpha value is -2.53. The number of hydrazine groups is 3. The number of aryl methyl sites for hydroxylation is 2. The van der Waals surface area contributed by atoms with Gasteiger partial charge in [0.25, 0.3) is 0 Å². The highest BCUT2D eigenvalue weighted by Gasteiger charge is 2.22. The van der Waals surface area contributed by atoms with Gasteiger partial charge >= 0.3 is 5.69 Å². The Kier molecular flexibility index (Phi) is 5.78. The number of carbonyl (C=O) groups excluding carboxylic acids is 1. The third kappa shape index (κ3) is 4.35. The average Bonchev–Trinajstić information content (AvgIpc) is 3.24. The molecule has 2 heterocycles. The maximum absolute atomic E-state index is 12.5. The standard InChI is InChI=1S/C16H24N8O2/c1-11(15-18-21-22-19-15)17-14(25)10-24-16(26)23(12(2)20-24)9-8-13-6-4-3-5-7-13/h3-7,11,15,18-19,21-22H,8-10H2,1-2H3,(H,17,25). The van der Waals surface area contributed by atoms with Gasteiger partial charge in [-0.1, -0.05) is 30.3 Å². The Morgan fingerprint density at radius 3 is 2.65 bits per heavy atom. The first-order valence-corrected chi connectivity index (χ1v) is 8.53. The van der Waals surface area contributed by atoms with Crippen LogP contribution in [0.25, 0.3) is 0 Å². The predicted octanol–water partition coefficient (Wildman–Crippen LogP) is -1.46. The lowest BCUT2D eigenvalue weighted by Gasteiger charge is -2.19. The lowest BCUT2D eigenvalue weighted by Crippen LogP contribution is -2.52. The minimum atomic E-state index is -0.276. The summed E-state index contributed by atoms with van der Waals surface area (Å²) in [5, 5.41) is 7.05. The molecule has 26 heavy (non-hydrogen) atoms. The molecular formula is C16H24N8O2. The largest absolute Gasteiger partial charge is 0.349 e. The van der Waals surface area contributed by atoms with Crippen molar-refractivity contribution >= 4 is 5.91 Å². The minimum Gasteiger partial charge on any atom is -0.349 e. The molecule has 1 unspecified atom stereocenters. The number of hydrogen-bond acceptors (Lipinski definition) is 7. The second-order valence-corrected chi connectivity index (χ2v) is 6.25. The molecule has 1 aliphatic heterocycles. The Morgan fingerprint density at radius 2 is 1.96 bits per heavy atom. The molecule has 0 spiro atoms. The maximum atomic E-state index is 12.5. The summed E-state index contributed by atoms with van der Waals surface area (Å²) >= 11 is 0. The first-order chi connectivity index (χ1) is 12.5. The van der Waals surface area contributed by atoms with E-state index in [9.17, 15) is 9.59 Å². The summed E-state index contributed by atoms with van der Waals surface area (Å²) in [5.41, 5.74) is 12.1. The number of carbonyl (C=O) groups is 1. The van der Waals surface area contributed by atoms with Crippen molar-refractivity contribution in [2.45, 2.75) is 45.6 Å². The maximum Gasteiger partial charge on any atom is 0.346 e. The van der Waals surface area contributed by atoms with Gasteiger partial charge in [0, 0.05) is 6.54 Å². The van der Waals surface area contributed by atoms with Crippen molar-refractivity contribution in [1.29, 1.82) is 0 Å². The summed E-state index contributed by atoms with van der Waals surface area (Å²) < 4.78 is 2.80. The molecular weight excluding hydrogens is 336 g/mol. The van der Waals surface area contributed by atoms with Crippen LogP contribution < -0.4 is 32.9 Å². The van der Waals surface area contributed by atoms with Crippen LogP contribution in [0.5, 0.6) is 0 Å². The summed E-state index contributed by atoms with van der Waals surface area (Å²) in [6, 6.07) is 9.75. The SMILES string of the molecule is Cc1nn(CC(=O)NC(C)C2NNNN2)c(=O)n1CCc1ccccc1. The van der Waals surface area contributed by atoms with E-state index in [1.807, 2.05) is 37.3 Å². The molecule has 0 radical (unpaired) electrons. The fraction of sp³-hybridized carbons (Fsp3) is 0.438. The topological polar surface area (TPSA) is 117 Å². The first-order valence-electron chi connectivity index (χ1n) is 8.53. The molecule has 1 aromatic carbocycles. The van der Waals surface area contributed by atoms with E-state index in [1.54, 1.807) is 11.5 Å². The summed E-state index contributed by atoms with van der Waals surface area (Å²) in [4.78, 5) is 24.7. The van der Waals surface area contributed by atoms with E-state index in [1.165, 1.54) is 4.68 Å². The fourth-order valence-corrected chi connectivity index (χ4v) is 2.83. The molecule has 0 saturated carbocycles. The lowest BCUT2D eigenvalue weighted by molar-refractivity contribution is -0.122. The van der Waals surface area contributed by atoms with Crippen molar-refractivity contribution < 1.29 is 4.79 Å². The van der Waals surface area contributed by atoms with Crippen molar-refractivity contribution in [3.05, 3.63) is 52.2 Å². The first kappa shape index (κ1) is 18.3. The van der Waals surface area contributed by atoms with E-state index in [0.717, 1.165) is 12.0 Å². The van der Waals surface area contributed by atoms with Crippen molar-refractivity contribution in [2.75, 3.05) is 0 Å². The van der Waals surface area contributed by atoms with Crippen molar-refractivity contribution in [3.63, 3.8) is 0 Å². The quantitative estimate of drug-likeness (QED) is 0.410. The lowest BCUT2D eigenvalue weighted by atomic mass is 10.1. The number of rotatable bonds is 7. The molecule has 1 aliphatic rings. The van der Waals surface area contributed by atoms with E-state index in [2.05, 4.69) is 32.3 Å². The molecule has 2 aromatic rings. The monoisotopic (exact) mass is 360 g/mol. The molecule has 1 fully saturated rings. The second kappa shape index (κ2) is 8.23. The van der Waals surface area contributed by atoms with Gasteiger partial charge in [0.1, 0.15) is 18.5 Å². The van der Waals surface area contributed by atoms with Crippen LogP contribution in [0.4, 0.5) is 0 Å². The molecule has 3 rings (SSSR count). The molecule has 1 atom stereocenters. The van der Waals surface area contributed by atoms with Crippen LogP contribution in [0.1, 0.15) is 18.3 Å². The normalized spacial score (nSPS) is 15.9. The van der Waals surface area contributed by atoms with E-state index < -0.39 is 0 Å². The molecule has 140 valence electrons. The summed E-state index contributed by atoms with van der Waals surface area (Å²) in [6.45, 7) is 4.03. The average molecular weight is 360 g/mol. The van der Waals surface area contributed by atoms with Crippen LogP contribution in [0.15, 0.2) is 35.1 Å². The summed E-state index contributed by atoms with van der Waals surface area (Å²) in [5.74, 6) is 0.321. The third-order valence-electron chi connectivity index (χ3n) is 4.27. The zero-order valence-electron chi connectivity index (χ0n) is 14.8. The summed E-state index contributed by atoms with van der Waals surface area (Å²) in [6.07, 6.45) is 0.566. The zero-order chi connectivity index (χ0) is 18.5. The Bertz CT molecular complexity index is 794. The molecule has 10 nitrogen and oxygen atoms in total. The molecule has 5 N–H and O–H groups in total. The van der Waals surface area contributed by atoms with Crippen molar-refractivity contribution in [2.24, 2.45) is 0 Å². The Balaban J connectivity index is 1.60. The fourth-order valence-electron chi connectivity index (χ4n) is 2.83. The highest BCUT2D eigenvalue weighted by Crippen LogP contribution is 2.02. The van der Waals surface area contributed by atoms with Crippen LogP contribution >= 0.6 is 0 Å². The molecule has 0 bridgehead atoms. The van der Waals surface area contributed by atoms with Gasteiger partial charge in [-0.3, -0.25) is 9.36 Å². The molecule has 10 heteroatoms. The van der Waals surface area contributed by atoms with Gasteiger partial charge in [-0.25, -0.2) is 20.3 Å². The van der Waals surface area contributed by atoms with Gasteiger partial charge in [0.15, 0.2) is 0 Å². The number of amides is 1. The Labute approximate surface area is 150 Å². The van der Waals surface area contributed by atoms with E-state index in [0.29, 0.717) is 12.4 Å². The van der Waals surface area contributed by atoms with Crippen LogP contribution in [0, 0.1) is 6.92 Å². The van der Waals surface area contributed by atoms with Crippen LogP contribution in [0.2, 0.25) is 0 Å². The van der Waals surface area contributed by atoms with Gasteiger partial charge in [-0.2, -0.15) is 16.2 Å². The van der Waals surface area contributed by atoms with Crippen LogP contribution in [-0.2, 0) is 24.3 Å². The van der Waals surface area contributed by atoms with Gasteiger partial charge in [-0.05, 0) is 25.8 Å². The smallest absolute Gasteiger partial charge is 0.346 e. The van der Waals surface area contributed by atoms with Gasteiger partial charge in [0.2, 0.25) is 5.91 Å². The number of nitrogens with zero attached hydrogens (tertiary/aromatic N) is 3. The van der Waals surface area contributed by atoms with Crippen molar-refractivity contribution in [3.8, 4) is 0 Å². The van der Waals surface area contributed by atoms with E-state index in [-0.39, 0.29) is 30.3 Å². The number of nitrogens with one attached hydrogen (secondary N) is 5. The molecule has 1 amide bonds. The van der Waals surface area contributed by atoms with Gasteiger partial charge in [0.05, 0.1) is 6.04 Å². The van der Waals surface area contributed by atoms with Crippen molar-refractivity contribution in [1.82, 2.24) is 41.6 Å². The number of benzene rings is 1. The highest BCUT2D eigenvalue weighted by molar-refractivity contribution is 5.75. The zero-order valence-corrected chi connectivity index (χ0v) is 14.8. The summed E-state index contributed by atoms with van der Waals surface area (Å²) in [7, 11) is 0. The van der Waals surface area contributed by atoms with Crippen LogP contribution in [-0.4, -0.2) is 32.5 Å². The highest BCUT2D eigenvalue weighted by atomic mass is 16.2. The molecule has 0 aliphatic carbocycles. The van der Waals surface area contributed by atoms with Crippen LogP contribution in [0.3, 0.4) is 0 Å².